The highest BCUT2D eigenvalue weighted by atomic mass is 32.2. The molecule has 0 saturated carbocycles. The quantitative estimate of drug-likeness (QED) is 0.185. The van der Waals surface area contributed by atoms with Gasteiger partial charge in [0.25, 0.3) is 0 Å². The SMILES string of the molecule is CSCC[C@H](N)C(=O)Nc1cc(C(C)C)c(OS(=O)(=O)NC(=O)Cc2c(C(C)C)cc(C(C)C)cc2C(C)C)c(C(C)C)c1. The second kappa shape index (κ2) is 16.1. The van der Waals surface area contributed by atoms with Gasteiger partial charge in [0, 0.05) is 16.8 Å². The number of rotatable bonds is 15. The first-order valence-corrected chi connectivity index (χ1v) is 18.3. The summed E-state index contributed by atoms with van der Waals surface area (Å²) in [5.74, 6) is 0.308. The van der Waals surface area contributed by atoms with Crippen LogP contribution >= 0.6 is 11.8 Å². The average Bonchev–Trinajstić information content (AvgIpc) is 2.90. The van der Waals surface area contributed by atoms with Crippen molar-refractivity contribution in [2.24, 2.45) is 5.73 Å². The predicted molar refractivity (Wildman–Crippen MR) is 184 cm³/mol. The smallest absolute Gasteiger partial charge is 0.366 e. The van der Waals surface area contributed by atoms with Gasteiger partial charge < -0.3 is 15.2 Å². The van der Waals surface area contributed by atoms with Crippen molar-refractivity contribution in [3.05, 3.63) is 57.6 Å². The summed E-state index contributed by atoms with van der Waals surface area (Å²) in [6.07, 6.45) is 2.41. The Hall–Kier alpha value is -2.56. The minimum absolute atomic E-state index is 0.0855. The standard InChI is InChI=1S/C34H53N3O5S2/c1-19(2)24-14-26(20(3)4)30(27(15-24)21(5)6)18-32(38)37-44(40,41)42-33-28(22(7)8)16-25(17-29(33)23(9)10)36-34(39)31(35)12-13-43-11/h14-17,19-23,31H,12-13,18,35H2,1-11H3,(H,36,39)(H,37,38)/t31-/m0/s1. The molecule has 0 radical (unpaired) electrons. The number of nitrogens with one attached hydrogen (secondary N) is 2. The summed E-state index contributed by atoms with van der Waals surface area (Å²) in [7, 11) is -4.52. The minimum atomic E-state index is -4.52. The van der Waals surface area contributed by atoms with E-state index >= 15 is 0 Å². The maximum Gasteiger partial charge on any atom is 0.409 e. The molecule has 4 N–H and O–H groups in total. The van der Waals surface area contributed by atoms with Crippen LogP contribution in [0, 0.1) is 0 Å². The van der Waals surface area contributed by atoms with Crippen LogP contribution in [0.15, 0.2) is 24.3 Å². The van der Waals surface area contributed by atoms with Gasteiger partial charge >= 0.3 is 10.3 Å². The first-order chi connectivity index (χ1) is 20.4. The van der Waals surface area contributed by atoms with E-state index in [4.69, 9.17) is 9.92 Å². The van der Waals surface area contributed by atoms with Gasteiger partial charge in [0.15, 0.2) is 5.75 Å². The number of carbonyl (C=O) groups excluding carboxylic acids is 2. The first kappa shape index (κ1) is 37.6. The van der Waals surface area contributed by atoms with Crippen LogP contribution in [0.3, 0.4) is 0 Å². The minimum Gasteiger partial charge on any atom is -0.366 e. The fourth-order valence-corrected chi connectivity index (χ4v) is 6.38. The Morgan fingerprint density at radius 1 is 0.795 bits per heavy atom. The molecule has 0 saturated heterocycles. The van der Waals surface area contributed by atoms with Crippen molar-refractivity contribution in [1.29, 1.82) is 0 Å². The summed E-state index contributed by atoms with van der Waals surface area (Å²) in [5.41, 5.74) is 11.9. The second-order valence-corrected chi connectivity index (χ2v) is 15.3. The molecular formula is C34H53N3O5S2. The molecule has 1 atom stereocenters. The van der Waals surface area contributed by atoms with E-state index in [2.05, 4.69) is 63.7 Å². The van der Waals surface area contributed by atoms with Crippen LogP contribution in [0.5, 0.6) is 5.75 Å². The number of hydrogen-bond donors (Lipinski definition) is 3. The zero-order chi connectivity index (χ0) is 33.5. The molecule has 44 heavy (non-hydrogen) atoms. The van der Waals surface area contributed by atoms with Crippen LogP contribution < -0.4 is 20.0 Å². The maximum atomic E-state index is 13.3. The van der Waals surface area contributed by atoms with E-state index in [1.807, 2.05) is 34.0 Å². The Kier molecular flexibility index (Phi) is 13.8. The third kappa shape index (κ3) is 10.2. The van der Waals surface area contributed by atoms with Crippen LogP contribution in [0.4, 0.5) is 5.69 Å². The summed E-state index contributed by atoms with van der Waals surface area (Å²) in [4.78, 5) is 26.0. The Morgan fingerprint density at radius 3 is 1.68 bits per heavy atom. The van der Waals surface area contributed by atoms with E-state index in [1.165, 1.54) is 5.56 Å². The van der Waals surface area contributed by atoms with Crippen LogP contribution in [0.25, 0.3) is 0 Å². The molecule has 8 nitrogen and oxygen atoms in total. The molecule has 2 amide bonds. The Bertz CT molecular complexity index is 1360. The van der Waals surface area contributed by atoms with Gasteiger partial charge in [-0.3, -0.25) is 9.59 Å². The molecule has 0 aromatic heterocycles. The number of carbonyl (C=O) groups is 2. The van der Waals surface area contributed by atoms with Crippen LogP contribution in [-0.4, -0.2) is 38.3 Å². The Labute approximate surface area is 269 Å². The van der Waals surface area contributed by atoms with E-state index in [0.717, 1.165) is 22.4 Å². The lowest BCUT2D eigenvalue weighted by Gasteiger charge is -2.23. The van der Waals surface area contributed by atoms with E-state index < -0.39 is 22.3 Å². The summed E-state index contributed by atoms with van der Waals surface area (Å²) in [6, 6.07) is 7.03. The fourth-order valence-electron chi connectivity index (χ4n) is 5.09. The first-order valence-electron chi connectivity index (χ1n) is 15.5. The molecular weight excluding hydrogens is 595 g/mol. The van der Waals surface area contributed by atoms with Crippen LogP contribution in [0.1, 0.15) is 139 Å². The molecule has 10 heteroatoms. The average molecular weight is 648 g/mol. The summed E-state index contributed by atoms with van der Waals surface area (Å²) in [6.45, 7) is 20.2. The molecule has 2 rings (SSSR count). The van der Waals surface area contributed by atoms with Crippen molar-refractivity contribution in [2.45, 2.75) is 118 Å². The molecule has 2 aromatic rings. The second-order valence-electron chi connectivity index (χ2n) is 13.1. The monoisotopic (exact) mass is 647 g/mol. The number of amides is 2. The third-order valence-corrected chi connectivity index (χ3v) is 9.16. The molecule has 0 heterocycles. The van der Waals surface area contributed by atoms with Gasteiger partial charge in [-0.2, -0.15) is 20.2 Å². The molecule has 246 valence electrons. The van der Waals surface area contributed by atoms with Crippen LogP contribution in [-0.2, 0) is 26.3 Å². The topological polar surface area (TPSA) is 128 Å². The Morgan fingerprint density at radius 2 is 1.27 bits per heavy atom. The van der Waals surface area contributed by atoms with Gasteiger partial charge in [0.2, 0.25) is 11.8 Å². The Balaban J connectivity index is 2.43. The van der Waals surface area contributed by atoms with Crippen molar-refractivity contribution < 1.29 is 22.2 Å². The zero-order valence-electron chi connectivity index (χ0n) is 28.3. The summed E-state index contributed by atoms with van der Waals surface area (Å²) >= 11 is 1.62. The molecule has 0 fully saturated rings. The van der Waals surface area contributed by atoms with Crippen molar-refractivity contribution in [1.82, 2.24) is 4.72 Å². The largest absolute Gasteiger partial charge is 0.409 e. The molecule has 0 bridgehead atoms. The highest BCUT2D eigenvalue weighted by Crippen LogP contribution is 2.38. The van der Waals surface area contributed by atoms with Gasteiger partial charge in [-0.1, -0.05) is 81.4 Å². The number of anilines is 1. The van der Waals surface area contributed by atoms with Crippen molar-refractivity contribution in [2.75, 3.05) is 17.3 Å². The molecule has 2 aromatic carbocycles. The lowest BCUT2D eigenvalue weighted by Crippen LogP contribution is -2.36. The van der Waals surface area contributed by atoms with E-state index in [0.29, 0.717) is 29.2 Å². The fraction of sp³-hybridized carbons (Fsp3) is 0.588. The summed E-state index contributed by atoms with van der Waals surface area (Å²) in [5, 5.41) is 2.88. The molecule has 0 spiro atoms. The summed E-state index contributed by atoms with van der Waals surface area (Å²) < 4.78 is 34.5. The van der Waals surface area contributed by atoms with Gasteiger partial charge in [0.05, 0.1) is 12.5 Å². The third-order valence-electron chi connectivity index (χ3n) is 7.65. The lowest BCUT2D eigenvalue weighted by atomic mass is 9.83. The van der Waals surface area contributed by atoms with Crippen molar-refractivity contribution in [3.8, 4) is 5.75 Å². The van der Waals surface area contributed by atoms with Crippen molar-refractivity contribution in [3.63, 3.8) is 0 Å². The number of benzene rings is 2. The van der Waals surface area contributed by atoms with E-state index in [1.54, 1.807) is 23.9 Å². The molecule has 0 aliphatic rings. The lowest BCUT2D eigenvalue weighted by molar-refractivity contribution is -0.119. The predicted octanol–water partition coefficient (Wildman–Crippen LogP) is 7.31. The number of hydrogen-bond acceptors (Lipinski definition) is 7. The van der Waals surface area contributed by atoms with Crippen LogP contribution in [0.2, 0.25) is 0 Å². The molecule has 0 aliphatic heterocycles. The number of thioether (sulfide) groups is 1. The molecule has 0 aliphatic carbocycles. The van der Waals surface area contributed by atoms with Gasteiger partial charge in [-0.15, -0.1) is 0 Å². The normalized spacial score (nSPS) is 12.8. The van der Waals surface area contributed by atoms with Gasteiger partial charge in [-0.25, -0.2) is 4.72 Å². The van der Waals surface area contributed by atoms with Gasteiger partial charge in [0.1, 0.15) is 0 Å². The molecule has 0 unspecified atom stereocenters. The van der Waals surface area contributed by atoms with Crippen molar-refractivity contribution >= 4 is 39.6 Å². The maximum absolute atomic E-state index is 13.3. The van der Waals surface area contributed by atoms with E-state index in [9.17, 15) is 18.0 Å². The van der Waals surface area contributed by atoms with E-state index in [-0.39, 0.29) is 41.7 Å². The zero-order valence-corrected chi connectivity index (χ0v) is 30.0. The highest BCUT2D eigenvalue weighted by molar-refractivity contribution is 7.98. The number of nitrogens with two attached hydrogens (primary N) is 1. The highest BCUT2D eigenvalue weighted by Gasteiger charge is 2.27. The van der Waals surface area contributed by atoms with Gasteiger partial charge in [-0.05, 0) is 82.4 Å².